The van der Waals surface area contributed by atoms with E-state index in [1.165, 1.54) is 64.2 Å². The molecule has 0 saturated heterocycles. The van der Waals surface area contributed by atoms with Gasteiger partial charge in [0.15, 0.2) is 0 Å². The molecular weight excluding hydrogens is 400 g/mol. The minimum absolute atomic E-state index is 0.200. The third-order valence-corrected chi connectivity index (χ3v) is 5.68. The molecule has 0 heterocycles. The summed E-state index contributed by atoms with van der Waals surface area (Å²) in [5, 5.41) is 0. The molecule has 1 aromatic rings. The van der Waals surface area contributed by atoms with Gasteiger partial charge in [0, 0.05) is 12.8 Å². The number of unbranched alkanes of at least 4 members (excludes halogenated alkanes) is 11. The summed E-state index contributed by atoms with van der Waals surface area (Å²) < 4.78 is 10.8. The van der Waals surface area contributed by atoms with E-state index in [0.717, 1.165) is 31.6 Å². The molecule has 0 aliphatic rings. The molecule has 0 atom stereocenters. The number of benzene rings is 1. The van der Waals surface area contributed by atoms with Crippen LogP contribution in [0.3, 0.4) is 0 Å². The molecule has 32 heavy (non-hydrogen) atoms. The standard InChI is InChI=1S/C28H46O4/c1-4-5-6-7-8-12-15-18-27(29)31-25-20-22-26(23-21-25)32-28(30)19-16-13-10-9-11-14-17-24(2)3/h20-24H,4-19H2,1-3H3. The van der Waals surface area contributed by atoms with Gasteiger partial charge in [0.05, 0.1) is 0 Å². The van der Waals surface area contributed by atoms with Gasteiger partial charge >= 0.3 is 11.9 Å². The normalized spacial score (nSPS) is 11.0. The van der Waals surface area contributed by atoms with Gasteiger partial charge in [-0.3, -0.25) is 9.59 Å². The molecular formula is C28H46O4. The average Bonchev–Trinajstić information content (AvgIpc) is 2.76. The Morgan fingerprint density at radius 1 is 0.625 bits per heavy atom. The van der Waals surface area contributed by atoms with Crippen molar-refractivity contribution < 1.29 is 19.1 Å². The summed E-state index contributed by atoms with van der Waals surface area (Å²) >= 11 is 0. The second kappa shape index (κ2) is 18.7. The fourth-order valence-electron chi connectivity index (χ4n) is 3.70. The van der Waals surface area contributed by atoms with Gasteiger partial charge in [0.1, 0.15) is 11.5 Å². The molecule has 0 aliphatic heterocycles. The van der Waals surface area contributed by atoms with Gasteiger partial charge in [-0.05, 0) is 43.0 Å². The van der Waals surface area contributed by atoms with Crippen molar-refractivity contribution >= 4 is 11.9 Å². The molecule has 0 fully saturated rings. The van der Waals surface area contributed by atoms with Crippen LogP contribution in [0.4, 0.5) is 0 Å². The SMILES string of the molecule is CCCCCCCCCC(=O)Oc1ccc(OC(=O)CCCCCCCCC(C)C)cc1. The van der Waals surface area contributed by atoms with E-state index in [9.17, 15) is 9.59 Å². The molecule has 182 valence electrons. The second-order valence-corrected chi connectivity index (χ2v) is 9.34. The Kier molecular flexibility index (Phi) is 16.5. The molecule has 0 unspecified atom stereocenters. The average molecular weight is 447 g/mol. The number of rotatable bonds is 19. The molecule has 0 N–H and O–H groups in total. The topological polar surface area (TPSA) is 52.6 Å². The number of hydrogen-bond acceptors (Lipinski definition) is 4. The zero-order valence-corrected chi connectivity index (χ0v) is 20.8. The zero-order valence-electron chi connectivity index (χ0n) is 20.8. The number of esters is 2. The van der Waals surface area contributed by atoms with Gasteiger partial charge in [-0.15, -0.1) is 0 Å². The molecule has 1 rings (SSSR count). The molecule has 0 saturated carbocycles. The molecule has 0 bridgehead atoms. The second-order valence-electron chi connectivity index (χ2n) is 9.34. The molecule has 0 aromatic heterocycles. The van der Waals surface area contributed by atoms with Crippen LogP contribution in [-0.4, -0.2) is 11.9 Å². The third kappa shape index (κ3) is 15.9. The Bertz CT molecular complexity index is 606. The lowest BCUT2D eigenvalue weighted by Gasteiger charge is -2.07. The largest absolute Gasteiger partial charge is 0.427 e. The van der Waals surface area contributed by atoms with Crippen LogP contribution in [0.1, 0.15) is 124 Å². The lowest BCUT2D eigenvalue weighted by atomic mass is 10.0. The van der Waals surface area contributed by atoms with Crippen molar-refractivity contribution in [2.24, 2.45) is 5.92 Å². The highest BCUT2D eigenvalue weighted by Gasteiger charge is 2.08. The first-order valence-corrected chi connectivity index (χ1v) is 13.0. The third-order valence-electron chi connectivity index (χ3n) is 5.68. The molecule has 0 amide bonds. The summed E-state index contributed by atoms with van der Waals surface area (Å²) in [6.45, 7) is 6.75. The van der Waals surface area contributed by atoms with Crippen LogP contribution >= 0.6 is 0 Å². The van der Waals surface area contributed by atoms with Crippen LogP contribution in [0.2, 0.25) is 0 Å². The molecule has 0 aliphatic carbocycles. The number of carbonyl (C=O) groups is 2. The highest BCUT2D eigenvalue weighted by molar-refractivity contribution is 5.73. The van der Waals surface area contributed by atoms with E-state index in [0.29, 0.717) is 24.3 Å². The smallest absolute Gasteiger partial charge is 0.311 e. The van der Waals surface area contributed by atoms with Crippen molar-refractivity contribution in [2.45, 2.75) is 124 Å². The first kappa shape index (κ1) is 28.2. The minimum atomic E-state index is -0.201. The Hall–Kier alpha value is -1.84. The minimum Gasteiger partial charge on any atom is -0.427 e. The quantitative estimate of drug-likeness (QED) is 0.122. The van der Waals surface area contributed by atoms with Gasteiger partial charge in [0.25, 0.3) is 0 Å². The highest BCUT2D eigenvalue weighted by Crippen LogP contribution is 2.20. The predicted octanol–water partition coefficient (Wildman–Crippen LogP) is 8.41. The van der Waals surface area contributed by atoms with E-state index in [2.05, 4.69) is 20.8 Å². The van der Waals surface area contributed by atoms with Crippen molar-refractivity contribution in [3.63, 3.8) is 0 Å². The van der Waals surface area contributed by atoms with Gasteiger partial charge in [-0.2, -0.15) is 0 Å². The van der Waals surface area contributed by atoms with Gasteiger partial charge in [-0.1, -0.05) is 97.8 Å². The fraction of sp³-hybridized carbons (Fsp3) is 0.714. The maximum atomic E-state index is 12.0. The Balaban J connectivity index is 2.11. The van der Waals surface area contributed by atoms with Crippen LogP contribution in [-0.2, 0) is 9.59 Å². The van der Waals surface area contributed by atoms with Crippen LogP contribution in [0.15, 0.2) is 24.3 Å². The van der Waals surface area contributed by atoms with E-state index in [4.69, 9.17) is 9.47 Å². The molecule has 4 nitrogen and oxygen atoms in total. The van der Waals surface area contributed by atoms with Gasteiger partial charge in [-0.25, -0.2) is 0 Å². The van der Waals surface area contributed by atoms with Crippen LogP contribution in [0.5, 0.6) is 11.5 Å². The maximum absolute atomic E-state index is 12.0. The summed E-state index contributed by atoms with van der Waals surface area (Å²) in [5.41, 5.74) is 0. The Morgan fingerprint density at radius 3 is 1.41 bits per heavy atom. The fourth-order valence-corrected chi connectivity index (χ4v) is 3.70. The van der Waals surface area contributed by atoms with Crippen molar-refractivity contribution in [1.29, 1.82) is 0 Å². The summed E-state index contributed by atoms with van der Waals surface area (Å²) in [6, 6.07) is 6.73. The van der Waals surface area contributed by atoms with E-state index in [-0.39, 0.29) is 11.9 Å². The summed E-state index contributed by atoms with van der Waals surface area (Å²) in [5.74, 6) is 1.38. The lowest BCUT2D eigenvalue weighted by molar-refractivity contribution is -0.135. The van der Waals surface area contributed by atoms with Gasteiger partial charge < -0.3 is 9.47 Å². The number of hydrogen-bond donors (Lipinski definition) is 0. The maximum Gasteiger partial charge on any atom is 0.311 e. The molecule has 1 aromatic carbocycles. The molecule has 0 radical (unpaired) electrons. The van der Waals surface area contributed by atoms with E-state index < -0.39 is 0 Å². The van der Waals surface area contributed by atoms with Crippen LogP contribution in [0, 0.1) is 5.92 Å². The number of carbonyl (C=O) groups excluding carboxylic acids is 2. The summed E-state index contributed by atoms with van der Waals surface area (Å²) in [4.78, 5) is 24.0. The monoisotopic (exact) mass is 446 g/mol. The molecule has 0 spiro atoms. The Labute approximate surface area is 196 Å². The lowest BCUT2D eigenvalue weighted by Crippen LogP contribution is -2.09. The van der Waals surface area contributed by atoms with Crippen molar-refractivity contribution in [3.05, 3.63) is 24.3 Å². The first-order chi connectivity index (χ1) is 15.5. The van der Waals surface area contributed by atoms with Crippen molar-refractivity contribution in [3.8, 4) is 11.5 Å². The van der Waals surface area contributed by atoms with Crippen molar-refractivity contribution in [2.75, 3.05) is 0 Å². The predicted molar refractivity (Wildman–Crippen MR) is 132 cm³/mol. The van der Waals surface area contributed by atoms with Crippen molar-refractivity contribution in [1.82, 2.24) is 0 Å². The summed E-state index contributed by atoms with van der Waals surface area (Å²) in [6.07, 6.45) is 17.4. The first-order valence-electron chi connectivity index (χ1n) is 13.0. The zero-order chi connectivity index (χ0) is 23.4. The Morgan fingerprint density at radius 2 is 1.00 bits per heavy atom. The molecule has 4 heteroatoms. The van der Waals surface area contributed by atoms with E-state index in [1.54, 1.807) is 24.3 Å². The van der Waals surface area contributed by atoms with Crippen LogP contribution < -0.4 is 9.47 Å². The highest BCUT2D eigenvalue weighted by atomic mass is 16.5. The van der Waals surface area contributed by atoms with Gasteiger partial charge in [0.2, 0.25) is 0 Å². The van der Waals surface area contributed by atoms with E-state index in [1.807, 2.05) is 0 Å². The summed E-state index contributed by atoms with van der Waals surface area (Å²) in [7, 11) is 0. The van der Waals surface area contributed by atoms with E-state index >= 15 is 0 Å². The number of ether oxygens (including phenoxy) is 2. The van der Waals surface area contributed by atoms with Crippen LogP contribution in [0.25, 0.3) is 0 Å².